The van der Waals surface area contributed by atoms with Gasteiger partial charge in [0.1, 0.15) is 5.82 Å². The lowest BCUT2D eigenvalue weighted by Gasteiger charge is -2.49. The van der Waals surface area contributed by atoms with Crippen molar-refractivity contribution < 1.29 is 14.7 Å². The molecule has 50 heavy (non-hydrogen) atoms. The first-order chi connectivity index (χ1) is 24.1. The van der Waals surface area contributed by atoms with Crippen LogP contribution in [0.15, 0.2) is 60.3 Å². The van der Waals surface area contributed by atoms with E-state index in [2.05, 4.69) is 34.4 Å². The molecule has 4 N–H and O–H groups in total. The number of carboxylic acid groups (broad SMARTS) is 1. The van der Waals surface area contributed by atoms with Crippen LogP contribution >= 0.6 is 11.3 Å². The molecule has 2 aromatic heterocycles. The predicted molar refractivity (Wildman–Crippen MR) is 201 cm³/mol. The number of amides is 1. The number of nitrogens with zero attached hydrogens (tertiary/aromatic N) is 3. The fourth-order valence-corrected chi connectivity index (χ4v) is 9.85. The number of hydrogen-bond donors (Lipinski definition) is 4. The molecule has 9 nitrogen and oxygen atoms in total. The van der Waals surface area contributed by atoms with Gasteiger partial charge in [0.2, 0.25) is 0 Å². The first-order valence-corrected chi connectivity index (χ1v) is 18.7. The Balaban J connectivity index is 1.11. The summed E-state index contributed by atoms with van der Waals surface area (Å²) >= 11 is 1.44. The summed E-state index contributed by atoms with van der Waals surface area (Å²) in [5, 5.41) is 25.8. The molecule has 3 heterocycles. The molecule has 2 aromatic carbocycles. The van der Waals surface area contributed by atoms with Crippen molar-refractivity contribution >= 4 is 56.2 Å². The van der Waals surface area contributed by atoms with Crippen molar-refractivity contribution in [2.24, 2.45) is 23.2 Å². The van der Waals surface area contributed by atoms with Gasteiger partial charge in [0.15, 0.2) is 10.8 Å². The predicted octanol–water partition coefficient (Wildman–Crippen LogP) is 8.42. The zero-order chi connectivity index (χ0) is 35.0. The Morgan fingerprint density at radius 1 is 1.04 bits per heavy atom. The molecule has 2 fully saturated rings. The summed E-state index contributed by atoms with van der Waals surface area (Å²) in [6.07, 6.45) is 9.49. The third-order valence-corrected chi connectivity index (χ3v) is 12.3. The van der Waals surface area contributed by atoms with Gasteiger partial charge in [-0.15, -0.1) is 0 Å². The van der Waals surface area contributed by atoms with Crippen LogP contribution < -0.4 is 15.5 Å². The summed E-state index contributed by atoms with van der Waals surface area (Å²) in [6, 6.07) is 17.2. The highest BCUT2D eigenvalue weighted by molar-refractivity contribution is 7.22. The SMILES string of the molecule is CCC1(CN/C(C)=C(\C=N)c2ccc(N3CCc4cccc(C(=O)Nc5nc6ccccc6s5)c4C3)nc2C(=O)O)CC2CC(C)CC(C2)C1. The van der Waals surface area contributed by atoms with Crippen LogP contribution in [0.4, 0.5) is 10.9 Å². The van der Waals surface area contributed by atoms with E-state index >= 15 is 0 Å². The number of pyridine rings is 1. The smallest absolute Gasteiger partial charge is 0.355 e. The van der Waals surface area contributed by atoms with Gasteiger partial charge in [-0.25, -0.2) is 14.8 Å². The number of anilines is 2. The van der Waals surface area contributed by atoms with Crippen LogP contribution in [0, 0.1) is 28.6 Å². The summed E-state index contributed by atoms with van der Waals surface area (Å²) in [5.74, 6) is 1.55. The molecule has 3 aliphatic rings. The number of carboxylic acids is 1. The zero-order valence-corrected chi connectivity index (χ0v) is 29.9. The van der Waals surface area contributed by atoms with Crippen LogP contribution in [0.5, 0.6) is 0 Å². The largest absolute Gasteiger partial charge is 0.476 e. The minimum atomic E-state index is -1.14. The molecular formula is C40H46N6O3S. The molecule has 260 valence electrons. The number of rotatable bonds is 10. The van der Waals surface area contributed by atoms with Crippen LogP contribution in [0.3, 0.4) is 0 Å². The molecule has 0 spiro atoms. The fraction of sp³-hybridized carbons (Fsp3) is 0.425. The van der Waals surface area contributed by atoms with Crippen molar-refractivity contribution in [1.29, 1.82) is 5.41 Å². The summed E-state index contributed by atoms with van der Waals surface area (Å²) < 4.78 is 1.01. The van der Waals surface area contributed by atoms with Gasteiger partial charge < -0.3 is 20.7 Å². The normalized spacial score (nSPS) is 23.5. The van der Waals surface area contributed by atoms with E-state index in [1.807, 2.05) is 60.4 Å². The van der Waals surface area contributed by atoms with E-state index in [4.69, 9.17) is 5.41 Å². The van der Waals surface area contributed by atoms with Crippen molar-refractivity contribution in [2.75, 3.05) is 23.3 Å². The number of fused-ring (bicyclic) bond motifs is 4. The summed E-state index contributed by atoms with van der Waals surface area (Å²) in [7, 11) is 0. The Kier molecular flexibility index (Phi) is 9.48. The topological polar surface area (TPSA) is 131 Å². The van der Waals surface area contributed by atoms with Crippen LogP contribution in [0.25, 0.3) is 15.8 Å². The first kappa shape index (κ1) is 33.9. The number of aromatic nitrogens is 2. The Morgan fingerprint density at radius 2 is 1.82 bits per heavy atom. The Morgan fingerprint density at radius 3 is 2.54 bits per heavy atom. The first-order valence-electron chi connectivity index (χ1n) is 17.9. The van der Waals surface area contributed by atoms with E-state index in [1.165, 1.54) is 49.7 Å². The Bertz CT molecular complexity index is 1930. The van der Waals surface area contributed by atoms with Crippen molar-refractivity contribution in [3.63, 3.8) is 0 Å². The lowest BCUT2D eigenvalue weighted by atomic mass is 9.58. The summed E-state index contributed by atoms with van der Waals surface area (Å²) in [5.41, 5.74) is 5.29. The lowest BCUT2D eigenvalue weighted by molar-refractivity contribution is 0.0334. The molecule has 1 amide bonds. The molecule has 0 radical (unpaired) electrons. The maximum atomic E-state index is 13.5. The highest BCUT2D eigenvalue weighted by Gasteiger charge is 2.42. The highest BCUT2D eigenvalue weighted by atomic mass is 32.1. The number of benzene rings is 2. The highest BCUT2D eigenvalue weighted by Crippen LogP contribution is 2.51. The molecule has 10 heteroatoms. The lowest BCUT2D eigenvalue weighted by Crippen LogP contribution is -2.43. The van der Waals surface area contributed by atoms with E-state index in [-0.39, 0.29) is 17.0 Å². The van der Waals surface area contributed by atoms with Crippen LogP contribution in [-0.4, -0.2) is 46.3 Å². The van der Waals surface area contributed by atoms with E-state index in [0.29, 0.717) is 47.2 Å². The monoisotopic (exact) mass is 690 g/mol. The number of carbonyl (C=O) groups is 2. The molecule has 2 aliphatic carbocycles. The fourth-order valence-electron chi connectivity index (χ4n) is 8.99. The third-order valence-electron chi connectivity index (χ3n) is 11.3. The van der Waals surface area contributed by atoms with Gasteiger partial charge in [-0.1, -0.05) is 49.4 Å². The molecule has 1 aliphatic heterocycles. The van der Waals surface area contributed by atoms with Crippen molar-refractivity contribution in [3.8, 4) is 0 Å². The van der Waals surface area contributed by atoms with E-state index in [0.717, 1.165) is 57.8 Å². The molecule has 2 saturated carbocycles. The zero-order valence-electron chi connectivity index (χ0n) is 29.1. The second kappa shape index (κ2) is 14.0. The number of para-hydroxylation sites is 1. The summed E-state index contributed by atoms with van der Waals surface area (Å²) in [4.78, 5) is 37.5. The molecule has 2 atom stereocenters. The quantitative estimate of drug-likeness (QED) is 0.123. The molecule has 2 bridgehead atoms. The van der Waals surface area contributed by atoms with Gasteiger partial charge in [0.05, 0.1) is 10.2 Å². The molecule has 2 unspecified atom stereocenters. The van der Waals surface area contributed by atoms with Crippen LogP contribution in [0.2, 0.25) is 0 Å². The Hall–Kier alpha value is -4.57. The number of thiazole rings is 1. The van der Waals surface area contributed by atoms with Gasteiger partial charge in [0.25, 0.3) is 5.91 Å². The van der Waals surface area contributed by atoms with E-state index < -0.39 is 5.97 Å². The number of aromatic carboxylic acids is 1. The Labute approximate surface area is 297 Å². The molecular weight excluding hydrogens is 645 g/mol. The van der Waals surface area contributed by atoms with Gasteiger partial charge in [-0.05, 0) is 116 Å². The van der Waals surface area contributed by atoms with Crippen molar-refractivity contribution in [2.45, 2.75) is 72.3 Å². The van der Waals surface area contributed by atoms with Gasteiger partial charge in [-0.2, -0.15) is 0 Å². The second-order valence-corrected chi connectivity index (χ2v) is 15.8. The van der Waals surface area contributed by atoms with Crippen molar-refractivity contribution in [3.05, 3.63) is 88.2 Å². The number of nitrogens with one attached hydrogen (secondary N) is 3. The third kappa shape index (κ3) is 6.77. The van der Waals surface area contributed by atoms with Gasteiger partial charge in [0, 0.05) is 48.2 Å². The minimum Gasteiger partial charge on any atom is -0.476 e. The molecule has 4 aromatic rings. The van der Waals surface area contributed by atoms with Gasteiger partial charge in [-0.3, -0.25) is 10.1 Å². The van der Waals surface area contributed by atoms with E-state index in [9.17, 15) is 14.7 Å². The number of carbonyl (C=O) groups excluding carboxylic acids is 1. The van der Waals surface area contributed by atoms with Crippen LogP contribution in [0.1, 0.15) is 96.8 Å². The molecule has 0 saturated heterocycles. The summed E-state index contributed by atoms with van der Waals surface area (Å²) in [6.45, 7) is 8.50. The molecule has 7 rings (SSSR count). The maximum absolute atomic E-state index is 13.5. The average Bonchev–Trinajstić information content (AvgIpc) is 3.52. The number of allylic oxidation sites excluding steroid dienone is 2. The minimum absolute atomic E-state index is 0.0822. The second-order valence-electron chi connectivity index (χ2n) is 14.8. The van der Waals surface area contributed by atoms with Crippen LogP contribution in [-0.2, 0) is 13.0 Å². The standard InChI is InChI=1S/C40H46N6O3S/c1-4-40(19-26-16-24(2)17-27(18-26)20-40)23-42-25(3)31(21-41)29-12-13-35(44-36(29)38(48)49)46-15-14-28-8-7-9-30(32(28)22-46)37(47)45-39-43-33-10-5-6-11-34(33)50-39/h5-13,21,24,26-27,41-42H,4,14-20,22-23H2,1-3H3,(H,48,49)(H,43,45,47)/b31-25+,41-21?. The van der Waals surface area contributed by atoms with Crippen molar-refractivity contribution in [1.82, 2.24) is 15.3 Å². The van der Waals surface area contributed by atoms with E-state index in [1.54, 1.807) is 6.07 Å². The average molecular weight is 691 g/mol. The van der Waals surface area contributed by atoms with Gasteiger partial charge >= 0.3 is 5.97 Å². The maximum Gasteiger partial charge on any atom is 0.355 e. The number of hydrogen-bond acceptors (Lipinski definition) is 8.